The Hall–Kier alpha value is -2.43. The number of fused-ring (bicyclic) bond motifs is 1. The minimum Gasteiger partial charge on any atom is -0.444 e. The number of hydrogen-bond donors (Lipinski definition) is 2. The number of aromatic nitrogens is 1. The van der Waals surface area contributed by atoms with Crippen molar-refractivity contribution in [3.8, 4) is 0 Å². The van der Waals surface area contributed by atoms with E-state index in [-0.39, 0.29) is 35.6 Å². The molecule has 0 saturated carbocycles. The second-order valence-electron chi connectivity index (χ2n) is 8.25. The molecule has 2 aromatic rings. The molecule has 1 fully saturated rings. The van der Waals surface area contributed by atoms with Crippen LogP contribution in [0, 0.1) is 0 Å². The van der Waals surface area contributed by atoms with Crippen molar-refractivity contribution < 1.29 is 22.7 Å². The maximum Gasteiger partial charge on any atom is 0.408 e. The van der Waals surface area contributed by atoms with Crippen LogP contribution in [0.2, 0.25) is 5.02 Å². The molecule has 3 rings (SSSR count). The van der Waals surface area contributed by atoms with Gasteiger partial charge in [0.2, 0.25) is 15.9 Å². The topological polar surface area (TPSA) is 118 Å². The minimum absolute atomic E-state index is 0.107. The summed E-state index contributed by atoms with van der Waals surface area (Å²) in [4.78, 5) is 27.9. The fraction of sp³-hybridized carbons (Fsp3) is 0.450. The Kier molecular flexibility index (Phi) is 6.73. The first-order chi connectivity index (χ1) is 14.5. The molecule has 31 heavy (non-hydrogen) atoms. The Morgan fingerprint density at radius 2 is 2.03 bits per heavy atom. The molecule has 1 aliphatic rings. The molecule has 11 heteroatoms. The smallest absolute Gasteiger partial charge is 0.408 e. The van der Waals surface area contributed by atoms with Crippen LogP contribution in [-0.4, -0.2) is 61.0 Å². The number of rotatable bonds is 5. The monoisotopic (exact) mass is 468 g/mol. The van der Waals surface area contributed by atoms with Crippen LogP contribution < -0.4 is 10.6 Å². The largest absolute Gasteiger partial charge is 0.444 e. The van der Waals surface area contributed by atoms with Gasteiger partial charge in [-0.2, -0.15) is 4.31 Å². The number of benzene rings is 1. The Morgan fingerprint density at radius 1 is 1.29 bits per heavy atom. The second-order valence-corrected chi connectivity index (χ2v) is 10.6. The highest BCUT2D eigenvalue weighted by molar-refractivity contribution is 7.89. The number of nitrogens with one attached hydrogen (secondary N) is 2. The number of nitrogens with zero attached hydrogens (tertiary/aromatic N) is 2. The third-order valence-electron chi connectivity index (χ3n) is 4.62. The van der Waals surface area contributed by atoms with Crippen molar-refractivity contribution in [2.24, 2.45) is 0 Å². The summed E-state index contributed by atoms with van der Waals surface area (Å²) in [7, 11) is -3.82. The predicted molar refractivity (Wildman–Crippen MR) is 116 cm³/mol. The predicted octanol–water partition coefficient (Wildman–Crippen LogP) is 2.29. The standard InChI is InChI=1S/C20H25ClN4O5S/c1-20(2,3)30-19(27)23-11-17(26)24-14-7-8-25(12-14)31(28,29)16-6-4-5-13-9-22-10-15(21)18(13)16/h4-6,9-10,14H,7-8,11-12H2,1-3H3,(H,23,27)(H,24,26)/t14-/m0/s1. The van der Waals surface area contributed by atoms with Crippen LogP contribution in [0.15, 0.2) is 35.5 Å². The van der Waals surface area contributed by atoms with Crippen LogP contribution in [-0.2, 0) is 19.6 Å². The summed E-state index contributed by atoms with van der Waals surface area (Å²) in [6.45, 7) is 5.29. The van der Waals surface area contributed by atoms with Crippen LogP contribution in [0.5, 0.6) is 0 Å². The lowest BCUT2D eigenvalue weighted by atomic mass is 10.2. The Labute approximate surface area is 186 Å². The summed E-state index contributed by atoms with van der Waals surface area (Å²) in [6, 6.07) is 4.54. The van der Waals surface area contributed by atoms with Gasteiger partial charge in [-0.1, -0.05) is 23.7 Å². The maximum atomic E-state index is 13.2. The molecule has 0 unspecified atom stereocenters. The fourth-order valence-corrected chi connectivity index (χ4v) is 5.38. The minimum atomic E-state index is -3.82. The van der Waals surface area contributed by atoms with Gasteiger partial charge in [0, 0.05) is 42.3 Å². The molecular weight excluding hydrogens is 444 g/mol. The van der Waals surface area contributed by atoms with Crippen LogP contribution in [0.25, 0.3) is 10.8 Å². The number of sulfonamides is 1. The lowest BCUT2D eigenvalue weighted by Crippen LogP contribution is -2.44. The Balaban J connectivity index is 1.63. The van der Waals surface area contributed by atoms with E-state index >= 15 is 0 Å². The lowest BCUT2D eigenvalue weighted by molar-refractivity contribution is -0.120. The third kappa shape index (κ3) is 5.63. The number of hydrogen-bond acceptors (Lipinski definition) is 6. The molecule has 168 valence electrons. The number of amides is 2. The summed E-state index contributed by atoms with van der Waals surface area (Å²) in [6.07, 6.45) is 2.73. The van der Waals surface area contributed by atoms with Crippen LogP contribution >= 0.6 is 11.6 Å². The van der Waals surface area contributed by atoms with Gasteiger partial charge in [-0.05, 0) is 33.3 Å². The molecule has 1 atom stereocenters. The van der Waals surface area contributed by atoms with Gasteiger partial charge in [-0.3, -0.25) is 9.78 Å². The molecule has 9 nitrogen and oxygen atoms in total. The highest BCUT2D eigenvalue weighted by Gasteiger charge is 2.34. The van der Waals surface area contributed by atoms with Gasteiger partial charge in [0.05, 0.1) is 9.92 Å². The first kappa shape index (κ1) is 23.2. The van der Waals surface area contributed by atoms with Gasteiger partial charge in [-0.15, -0.1) is 0 Å². The highest BCUT2D eigenvalue weighted by Crippen LogP contribution is 2.32. The Morgan fingerprint density at radius 3 is 2.74 bits per heavy atom. The van der Waals surface area contributed by atoms with Crippen molar-refractivity contribution >= 4 is 44.4 Å². The van der Waals surface area contributed by atoms with E-state index in [0.29, 0.717) is 17.2 Å². The van der Waals surface area contributed by atoms with Crippen molar-refractivity contribution in [3.63, 3.8) is 0 Å². The molecule has 0 spiro atoms. The van der Waals surface area contributed by atoms with Gasteiger partial charge in [0.15, 0.2) is 0 Å². The molecule has 2 N–H and O–H groups in total. The average molecular weight is 469 g/mol. The average Bonchev–Trinajstić information content (AvgIpc) is 3.14. The van der Waals surface area contributed by atoms with Gasteiger partial charge >= 0.3 is 6.09 Å². The molecule has 0 aliphatic carbocycles. The zero-order chi connectivity index (χ0) is 22.8. The van der Waals surface area contributed by atoms with Crippen molar-refractivity contribution in [1.29, 1.82) is 0 Å². The van der Waals surface area contributed by atoms with E-state index in [1.54, 1.807) is 39.1 Å². The van der Waals surface area contributed by atoms with Crippen molar-refractivity contribution in [2.75, 3.05) is 19.6 Å². The van der Waals surface area contributed by atoms with E-state index in [1.165, 1.54) is 16.6 Å². The first-order valence-electron chi connectivity index (χ1n) is 9.76. The first-order valence-corrected chi connectivity index (χ1v) is 11.6. The molecule has 1 aromatic heterocycles. The summed E-state index contributed by atoms with van der Waals surface area (Å²) in [5, 5.41) is 6.44. The van der Waals surface area contributed by atoms with Gasteiger partial charge in [0.25, 0.3) is 0 Å². The number of pyridine rings is 1. The molecule has 1 aromatic carbocycles. The number of halogens is 1. The molecule has 0 bridgehead atoms. The maximum absolute atomic E-state index is 13.2. The molecule has 2 amide bonds. The summed E-state index contributed by atoms with van der Waals surface area (Å²) in [5.41, 5.74) is -0.665. The quantitative estimate of drug-likeness (QED) is 0.695. The van der Waals surface area contributed by atoms with Crippen molar-refractivity contribution in [1.82, 2.24) is 19.9 Å². The highest BCUT2D eigenvalue weighted by atomic mass is 35.5. The van der Waals surface area contributed by atoms with Crippen molar-refractivity contribution in [3.05, 3.63) is 35.6 Å². The van der Waals surface area contributed by atoms with Crippen molar-refractivity contribution in [2.45, 2.75) is 43.7 Å². The molecular formula is C20H25ClN4O5S. The zero-order valence-corrected chi connectivity index (χ0v) is 19.1. The summed E-state index contributed by atoms with van der Waals surface area (Å²) in [5.74, 6) is -0.422. The Bertz CT molecular complexity index is 1100. The molecule has 2 heterocycles. The molecule has 1 aliphatic heterocycles. The van der Waals surface area contributed by atoms with Gasteiger partial charge in [0.1, 0.15) is 12.1 Å². The molecule has 1 saturated heterocycles. The zero-order valence-electron chi connectivity index (χ0n) is 17.5. The van der Waals surface area contributed by atoms with Crippen LogP contribution in [0.3, 0.4) is 0 Å². The molecule has 0 radical (unpaired) electrons. The van der Waals surface area contributed by atoms with Crippen LogP contribution in [0.4, 0.5) is 4.79 Å². The third-order valence-corrected chi connectivity index (χ3v) is 6.82. The number of ether oxygens (including phenoxy) is 1. The number of alkyl carbamates (subject to hydrolysis) is 1. The van der Waals surface area contributed by atoms with E-state index in [9.17, 15) is 18.0 Å². The van der Waals surface area contributed by atoms with E-state index in [1.807, 2.05) is 0 Å². The van der Waals surface area contributed by atoms with Crippen LogP contribution in [0.1, 0.15) is 27.2 Å². The van der Waals surface area contributed by atoms with E-state index in [0.717, 1.165) is 0 Å². The van der Waals surface area contributed by atoms with Gasteiger partial charge in [-0.25, -0.2) is 13.2 Å². The summed E-state index contributed by atoms with van der Waals surface area (Å²) < 4.78 is 32.9. The van der Waals surface area contributed by atoms with Gasteiger partial charge < -0.3 is 15.4 Å². The van der Waals surface area contributed by atoms with E-state index < -0.39 is 27.6 Å². The second kappa shape index (κ2) is 8.97. The number of carbonyl (C=O) groups is 2. The summed E-state index contributed by atoms with van der Waals surface area (Å²) >= 11 is 6.23. The SMILES string of the molecule is CC(C)(C)OC(=O)NCC(=O)N[C@H]1CCN(S(=O)(=O)c2cccc3cncc(Cl)c23)C1. The van der Waals surface area contributed by atoms with E-state index in [2.05, 4.69) is 15.6 Å². The fourth-order valence-electron chi connectivity index (χ4n) is 3.32. The lowest BCUT2D eigenvalue weighted by Gasteiger charge is -2.20. The van der Waals surface area contributed by atoms with E-state index in [4.69, 9.17) is 16.3 Å². The number of carbonyl (C=O) groups excluding carboxylic acids is 2. The normalized spacial score (nSPS) is 17.5.